The zero-order valence-corrected chi connectivity index (χ0v) is 17.3. The second-order valence-corrected chi connectivity index (χ2v) is 8.03. The zero-order valence-electron chi connectivity index (χ0n) is 17.3. The van der Waals surface area contributed by atoms with Crippen LogP contribution in [0.3, 0.4) is 0 Å². The predicted molar refractivity (Wildman–Crippen MR) is 121 cm³/mol. The van der Waals surface area contributed by atoms with Crippen LogP contribution in [0.4, 0.5) is 10.2 Å². The standard InChI is InChI=1S/C25H25FN4O/c26-20-10-6-9-19(15-20)23-16-24-27-22(18-7-2-1-3-8-18)17-25(30(24)28-23)29-13-5-4-11-21(29)12-14-31/h1-3,6-10,15-17,21,31H,4-5,11-14H2/t21-/m1/s1. The van der Waals surface area contributed by atoms with Gasteiger partial charge in [0.15, 0.2) is 5.65 Å². The molecule has 5 rings (SSSR count). The molecule has 0 bridgehead atoms. The summed E-state index contributed by atoms with van der Waals surface area (Å²) in [5, 5.41) is 14.4. The van der Waals surface area contributed by atoms with Crippen molar-refractivity contribution in [2.75, 3.05) is 18.1 Å². The van der Waals surface area contributed by atoms with Gasteiger partial charge in [-0.3, -0.25) is 0 Å². The number of nitrogens with zero attached hydrogens (tertiary/aromatic N) is 4. The number of hydrogen-bond acceptors (Lipinski definition) is 4. The summed E-state index contributed by atoms with van der Waals surface area (Å²) in [5.41, 5.74) is 4.05. The number of halogens is 1. The van der Waals surface area contributed by atoms with Crippen molar-refractivity contribution in [1.29, 1.82) is 0 Å². The molecular formula is C25H25FN4O. The molecule has 1 saturated heterocycles. The monoisotopic (exact) mass is 416 g/mol. The lowest BCUT2D eigenvalue weighted by atomic mass is 9.99. The molecule has 1 atom stereocenters. The van der Waals surface area contributed by atoms with Crippen molar-refractivity contribution in [1.82, 2.24) is 14.6 Å². The van der Waals surface area contributed by atoms with Crippen LogP contribution < -0.4 is 4.90 Å². The Labute approximate surface area is 180 Å². The van der Waals surface area contributed by atoms with Crippen molar-refractivity contribution >= 4 is 11.5 Å². The maximum absolute atomic E-state index is 13.8. The topological polar surface area (TPSA) is 53.7 Å². The number of rotatable bonds is 5. The van der Waals surface area contributed by atoms with Gasteiger partial charge in [0, 0.05) is 42.5 Å². The van der Waals surface area contributed by atoms with Crippen LogP contribution in [0.2, 0.25) is 0 Å². The molecule has 0 radical (unpaired) electrons. The van der Waals surface area contributed by atoms with Gasteiger partial charge in [0.2, 0.25) is 0 Å². The molecule has 5 nitrogen and oxygen atoms in total. The number of piperidine rings is 1. The van der Waals surface area contributed by atoms with E-state index in [2.05, 4.69) is 11.0 Å². The molecule has 0 aliphatic carbocycles. The summed E-state index contributed by atoms with van der Waals surface area (Å²) in [6, 6.07) is 20.8. The summed E-state index contributed by atoms with van der Waals surface area (Å²) in [6.07, 6.45) is 4.03. The summed E-state index contributed by atoms with van der Waals surface area (Å²) >= 11 is 0. The van der Waals surface area contributed by atoms with Crippen molar-refractivity contribution < 1.29 is 9.50 Å². The molecule has 3 heterocycles. The highest BCUT2D eigenvalue weighted by atomic mass is 19.1. The fourth-order valence-corrected chi connectivity index (χ4v) is 4.46. The number of aromatic nitrogens is 3. The lowest BCUT2D eigenvalue weighted by Crippen LogP contribution is -2.41. The fourth-order valence-electron chi connectivity index (χ4n) is 4.46. The maximum Gasteiger partial charge on any atom is 0.158 e. The second-order valence-electron chi connectivity index (χ2n) is 8.03. The fraction of sp³-hybridized carbons (Fsp3) is 0.280. The van der Waals surface area contributed by atoms with E-state index in [0.717, 1.165) is 60.5 Å². The van der Waals surface area contributed by atoms with Crippen LogP contribution in [0.25, 0.3) is 28.2 Å². The van der Waals surface area contributed by atoms with Crippen LogP contribution in [-0.4, -0.2) is 38.9 Å². The van der Waals surface area contributed by atoms with Gasteiger partial charge >= 0.3 is 0 Å². The minimum absolute atomic E-state index is 0.161. The Morgan fingerprint density at radius 3 is 2.58 bits per heavy atom. The first kappa shape index (κ1) is 19.7. The number of benzene rings is 2. The van der Waals surface area contributed by atoms with Crippen LogP contribution in [-0.2, 0) is 0 Å². The normalized spacial score (nSPS) is 16.7. The second kappa shape index (κ2) is 8.47. The maximum atomic E-state index is 13.8. The number of anilines is 1. The third-order valence-electron chi connectivity index (χ3n) is 5.98. The van der Waals surface area contributed by atoms with Crippen molar-refractivity contribution in [3.05, 3.63) is 72.5 Å². The highest BCUT2D eigenvalue weighted by molar-refractivity contribution is 5.71. The lowest BCUT2D eigenvalue weighted by Gasteiger charge is -2.37. The Balaban J connectivity index is 1.69. The zero-order chi connectivity index (χ0) is 21.2. The Morgan fingerprint density at radius 1 is 0.935 bits per heavy atom. The largest absolute Gasteiger partial charge is 0.396 e. The Bertz CT molecular complexity index is 1190. The number of hydrogen-bond donors (Lipinski definition) is 1. The van der Waals surface area contributed by atoms with E-state index in [4.69, 9.17) is 10.1 Å². The summed E-state index contributed by atoms with van der Waals surface area (Å²) < 4.78 is 15.7. The molecule has 4 aromatic rings. The van der Waals surface area contributed by atoms with E-state index >= 15 is 0 Å². The molecule has 158 valence electrons. The molecule has 0 spiro atoms. The predicted octanol–water partition coefficient (Wildman–Crippen LogP) is 4.94. The molecule has 1 fully saturated rings. The minimum Gasteiger partial charge on any atom is -0.396 e. The van der Waals surface area contributed by atoms with Crippen LogP contribution in [0, 0.1) is 5.82 Å². The minimum atomic E-state index is -0.285. The smallest absolute Gasteiger partial charge is 0.158 e. The van der Waals surface area contributed by atoms with E-state index in [1.165, 1.54) is 12.1 Å². The average molecular weight is 417 g/mol. The van der Waals surface area contributed by atoms with Crippen LogP contribution in [0.5, 0.6) is 0 Å². The molecule has 2 aromatic carbocycles. The van der Waals surface area contributed by atoms with Gasteiger partial charge < -0.3 is 10.0 Å². The first-order valence-electron chi connectivity index (χ1n) is 10.8. The van der Waals surface area contributed by atoms with Gasteiger partial charge in [-0.1, -0.05) is 42.5 Å². The first-order valence-corrected chi connectivity index (χ1v) is 10.8. The Morgan fingerprint density at radius 2 is 1.77 bits per heavy atom. The van der Waals surface area contributed by atoms with E-state index in [1.807, 2.05) is 47.0 Å². The third kappa shape index (κ3) is 3.91. The highest BCUT2D eigenvalue weighted by Gasteiger charge is 2.26. The van der Waals surface area contributed by atoms with E-state index in [1.54, 1.807) is 6.07 Å². The summed E-state index contributed by atoms with van der Waals surface area (Å²) in [4.78, 5) is 7.22. The lowest BCUT2D eigenvalue weighted by molar-refractivity contribution is 0.262. The van der Waals surface area contributed by atoms with Crippen molar-refractivity contribution in [3.63, 3.8) is 0 Å². The van der Waals surface area contributed by atoms with Gasteiger partial charge in [0.25, 0.3) is 0 Å². The molecule has 1 aliphatic rings. The third-order valence-corrected chi connectivity index (χ3v) is 5.98. The van der Waals surface area contributed by atoms with Crippen molar-refractivity contribution in [3.8, 4) is 22.5 Å². The van der Waals surface area contributed by atoms with E-state index in [9.17, 15) is 9.50 Å². The van der Waals surface area contributed by atoms with Gasteiger partial charge in [-0.25, -0.2) is 9.37 Å². The Hall–Kier alpha value is -3.25. The van der Waals surface area contributed by atoms with Crippen molar-refractivity contribution in [2.45, 2.75) is 31.7 Å². The summed E-state index contributed by atoms with van der Waals surface area (Å²) in [7, 11) is 0. The van der Waals surface area contributed by atoms with Gasteiger partial charge in [-0.2, -0.15) is 9.61 Å². The highest BCUT2D eigenvalue weighted by Crippen LogP contribution is 2.32. The molecule has 0 amide bonds. The molecule has 31 heavy (non-hydrogen) atoms. The van der Waals surface area contributed by atoms with E-state index in [0.29, 0.717) is 5.69 Å². The molecule has 6 heteroatoms. The summed E-state index contributed by atoms with van der Waals surface area (Å²) in [5.74, 6) is 0.677. The first-order chi connectivity index (χ1) is 15.2. The van der Waals surface area contributed by atoms with Crippen LogP contribution in [0.15, 0.2) is 66.7 Å². The number of fused-ring (bicyclic) bond motifs is 1. The van der Waals surface area contributed by atoms with Gasteiger partial charge in [0.1, 0.15) is 11.6 Å². The molecule has 2 aromatic heterocycles. The van der Waals surface area contributed by atoms with Gasteiger partial charge in [0.05, 0.1) is 11.4 Å². The van der Waals surface area contributed by atoms with E-state index < -0.39 is 0 Å². The molecule has 0 saturated carbocycles. The molecule has 1 N–H and O–H groups in total. The molecule has 1 aliphatic heterocycles. The van der Waals surface area contributed by atoms with Crippen molar-refractivity contribution in [2.24, 2.45) is 0 Å². The van der Waals surface area contributed by atoms with Crippen LogP contribution >= 0.6 is 0 Å². The molecular weight excluding hydrogens is 391 g/mol. The Kier molecular flexibility index (Phi) is 5.38. The molecule has 0 unspecified atom stereocenters. The SMILES string of the molecule is OCC[C@H]1CCCCN1c1cc(-c2ccccc2)nc2cc(-c3cccc(F)c3)nn12. The van der Waals surface area contributed by atoms with Gasteiger partial charge in [-0.05, 0) is 37.8 Å². The average Bonchev–Trinajstić information content (AvgIpc) is 3.24. The van der Waals surface area contributed by atoms with E-state index in [-0.39, 0.29) is 18.5 Å². The van der Waals surface area contributed by atoms with Crippen LogP contribution in [0.1, 0.15) is 25.7 Å². The quantitative estimate of drug-likeness (QED) is 0.501. The number of aliphatic hydroxyl groups excluding tert-OH is 1. The van der Waals surface area contributed by atoms with Gasteiger partial charge in [-0.15, -0.1) is 0 Å². The number of aliphatic hydroxyl groups is 1. The summed E-state index contributed by atoms with van der Waals surface area (Å²) in [6.45, 7) is 1.07.